The van der Waals surface area contributed by atoms with Gasteiger partial charge in [-0.15, -0.1) is 0 Å². The molecule has 8 heteroatoms. The minimum absolute atomic E-state index is 0.0494. The van der Waals surface area contributed by atoms with Crippen LogP contribution < -0.4 is 0 Å². The van der Waals surface area contributed by atoms with Gasteiger partial charge in [0.1, 0.15) is 0 Å². The number of sulfonamides is 1. The van der Waals surface area contributed by atoms with Crippen molar-refractivity contribution in [1.82, 2.24) is 19.4 Å². The lowest BCUT2D eigenvalue weighted by atomic mass is 9.98. The van der Waals surface area contributed by atoms with Gasteiger partial charge in [0, 0.05) is 31.0 Å². The van der Waals surface area contributed by atoms with Crippen LogP contribution in [0.3, 0.4) is 0 Å². The number of hydrogen-bond donors (Lipinski definition) is 0. The molecule has 0 amide bonds. The summed E-state index contributed by atoms with van der Waals surface area (Å²) in [4.78, 5) is 8.43. The first-order valence-electron chi connectivity index (χ1n) is 7.78. The van der Waals surface area contributed by atoms with Crippen LogP contribution in [-0.4, -0.2) is 46.2 Å². The van der Waals surface area contributed by atoms with Crippen LogP contribution >= 0.6 is 0 Å². The monoisotopic (exact) mass is 334 g/mol. The van der Waals surface area contributed by atoms with E-state index in [0.29, 0.717) is 24.8 Å². The molecule has 1 aliphatic heterocycles. The summed E-state index contributed by atoms with van der Waals surface area (Å²) >= 11 is 0. The van der Waals surface area contributed by atoms with Crippen molar-refractivity contribution in [2.75, 3.05) is 13.1 Å². The van der Waals surface area contributed by atoms with Crippen molar-refractivity contribution in [3.63, 3.8) is 0 Å². The van der Waals surface area contributed by atoms with Crippen LogP contribution in [0.25, 0.3) is 11.4 Å². The fourth-order valence-electron chi connectivity index (χ4n) is 3.03. The number of aromatic nitrogens is 3. The molecular formula is C15H18N4O3S. The molecule has 0 bridgehead atoms. The highest BCUT2D eigenvalue weighted by Crippen LogP contribution is 2.38. The van der Waals surface area contributed by atoms with Gasteiger partial charge in [-0.05, 0) is 30.9 Å². The second-order valence-corrected chi connectivity index (χ2v) is 8.55. The molecule has 2 fully saturated rings. The predicted molar refractivity (Wildman–Crippen MR) is 82.9 cm³/mol. The minimum atomic E-state index is -3.15. The van der Waals surface area contributed by atoms with Crippen LogP contribution in [0.5, 0.6) is 0 Å². The molecule has 0 N–H and O–H groups in total. The van der Waals surface area contributed by atoms with E-state index in [9.17, 15) is 8.42 Å². The van der Waals surface area contributed by atoms with Crippen molar-refractivity contribution < 1.29 is 12.9 Å². The molecule has 3 heterocycles. The van der Waals surface area contributed by atoms with Crippen LogP contribution in [0.4, 0.5) is 0 Å². The van der Waals surface area contributed by atoms with Gasteiger partial charge >= 0.3 is 0 Å². The molecule has 23 heavy (non-hydrogen) atoms. The average molecular weight is 334 g/mol. The summed E-state index contributed by atoms with van der Waals surface area (Å²) in [7, 11) is -3.15. The number of nitrogens with zero attached hydrogens (tertiary/aromatic N) is 4. The first-order valence-corrected chi connectivity index (χ1v) is 9.29. The van der Waals surface area contributed by atoms with E-state index >= 15 is 0 Å². The summed E-state index contributed by atoms with van der Waals surface area (Å²) in [5.74, 6) is 1.14. The molecule has 2 aromatic rings. The predicted octanol–water partition coefficient (Wildman–Crippen LogP) is 1.66. The molecule has 0 radical (unpaired) electrons. The van der Waals surface area contributed by atoms with Crippen molar-refractivity contribution >= 4 is 10.0 Å². The Hall–Kier alpha value is -1.80. The zero-order chi connectivity index (χ0) is 16.0. The highest BCUT2D eigenvalue weighted by Gasteiger charge is 2.46. The van der Waals surface area contributed by atoms with Gasteiger partial charge in [-0.2, -0.15) is 4.98 Å². The Morgan fingerprint density at radius 3 is 2.65 bits per heavy atom. The molecule has 2 aromatic heterocycles. The maximum absolute atomic E-state index is 12.4. The topological polar surface area (TPSA) is 89.2 Å². The van der Waals surface area contributed by atoms with E-state index < -0.39 is 10.0 Å². The van der Waals surface area contributed by atoms with E-state index in [2.05, 4.69) is 15.1 Å². The molecule has 7 nitrogen and oxygen atoms in total. The summed E-state index contributed by atoms with van der Waals surface area (Å²) in [5.41, 5.74) is 0.836. The maximum atomic E-state index is 12.4. The molecule has 0 unspecified atom stereocenters. The summed E-state index contributed by atoms with van der Waals surface area (Å²) in [5, 5.41) is 3.84. The maximum Gasteiger partial charge on any atom is 0.231 e. The third kappa shape index (κ3) is 2.66. The number of rotatable bonds is 4. The zero-order valence-electron chi connectivity index (χ0n) is 12.8. The Balaban J connectivity index is 1.56. The van der Waals surface area contributed by atoms with Crippen molar-refractivity contribution in [3.05, 3.63) is 30.4 Å². The first kappa shape index (κ1) is 14.8. The van der Waals surface area contributed by atoms with Gasteiger partial charge in [-0.3, -0.25) is 4.98 Å². The van der Waals surface area contributed by atoms with Gasteiger partial charge in [0.25, 0.3) is 0 Å². The van der Waals surface area contributed by atoms with Crippen LogP contribution in [0, 0.1) is 5.92 Å². The highest BCUT2D eigenvalue weighted by atomic mass is 32.2. The van der Waals surface area contributed by atoms with Crippen LogP contribution in [0.15, 0.2) is 29.0 Å². The quantitative estimate of drug-likeness (QED) is 0.845. The molecular weight excluding hydrogens is 316 g/mol. The van der Waals surface area contributed by atoms with E-state index in [0.717, 1.165) is 18.4 Å². The summed E-state index contributed by atoms with van der Waals surface area (Å²) in [6.07, 6.45) is 4.91. The largest absolute Gasteiger partial charge is 0.339 e. The van der Waals surface area contributed by atoms with Crippen molar-refractivity contribution in [1.29, 1.82) is 0 Å². The Morgan fingerprint density at radius 2 is 1.96 bits per heavy atom. The van der Waals surface area contributed by atoms with Crippen molar-refractivity contribution in [3.8, 4) is 11.4 Å². The minimum Gasteiger partial charge on any atom is -0.339 e. The SMILES string of the molecule is C[C@@H]1CN(S(=O)(=O)C2CC2)C[C@H]1c1nc(-c2ccncc2)no1. The lowest BCUT2D eigenvalue weighted by Crippen LogP contribution is -2.31. The average Bonchev–Trinajstić information content (AvgIpc) is 3.18. The van der Waals surface area contributed by atoms with E-state index in [1.165, 1.54) is 0 Å². The molecule has 2 aliphatic rings. The number of pyridine rings is 1. The first-order chi connectivity index (χ1) is 11.1. The Bertz CT molecular complexity index is 801. The van der Waals surface area contributed by atoms with Gasteiger partial charge in [-0.25, -0.2) is 12.7 Å². The van der Waals surface area contributed by atoms with Crippen molar-refractivity contribution in [2.24, 2.45) is 5.92 Å². The molecule has 122 valence electrons. The molecule has 1 aliphatic carbocycles. The molecule has 2 atom stereocenters. The third-order valence-corrected chi connectivity index (χ3v) is 6.91. The van der Waals surface area contributed by atoms with E-state index in [1.54, 1.807) is 16.7 Å². The lowest BCUT2D eigenvalue weighted by Gasteiger charge is -2.15. The second-order valence-electron chi connectivity index (χ2n) is 6.34. The van der Waals surface area contributed by atoms with Crippen LogP contribution in [0.2, 0.25) is 0 Å². The summed E-state index contributed by atoms with van der Waals surface area (Å²) in [6, 6.07) is 3.63. The number of hydrogen-bond acceptors (Lipinski definition) is 6. The lowest BCUT2D eigenvalue weighted by molar-refractivity contribution is 0.338. The Kier molecular flexibility index (Phi) is 3.46. The summed E-state index contributed by atoms with van der Waals surface area (Å²) < 4.78 is 31.8. The van der Waals surface area contributed by atoms with Crippen LogP contribution in [0.1, 0.15) is 31.6 Å². The van der Waals surface area contributed by atoms with Gasteiger partial charge in [0.15, 0.2) is 0 Å². The van der Waals surface area contributed by atoms with Gasteiger partial charge in [0.05, 0.1) is 11.2 Å². The molecule has 1 saturated heterocycles. The van der Waals surface area contributed by atoms with Gasteiger partial charge in [-0.1, -0.05) is 12.1 Å². The molecule has 1 saturated carbocycles. The summed E-state index contributed by atoms with van der Waals surface area (Å²) in [6.45, 7) is 2.98. The fraction of sp³-hybridized carbons (Fsp3) is 0.533. The van der Waals surface area contributed by atoms with E-state index in [4.69, 9.17) is 4.52 Å². The van der Waals surface area contributed by atoms with Gasteiger partial charge < -0.3 is 4.52 Å². The Morgan fingerprint density at radius 1 is 1.22 bits per heavy atom. The molecule has 0 aromatic carbocycles. The van der Waals surface area contributed by atoms with E-state index in [-0.39, 0.29) is 17.1 Å². The normalized spacial score (nSPS) is 25.8. The molecule has 0 spiro atoms. The Labute approximate surface area is 134 Å². The second kappa shape index (κ2) is 5.38. The van der Waals surface area contributed by atoms with Gasteiger partial charge in [0.2, 0.25) is 21.7 Å². The molecule has 4 rings (SSSR count). The third-order valence-electron chi connectivity index (χ3n) is 4.58. The smallest absolute Gasteiger partial charge is 0.231 e. The zero-order valence-corrected chi connectivity index (χ0v) is 13.6. The van der Waals surface area contributed by atoms with E-state index in [1.807, 2.05) is 19.1 Å². The highest BCUT2D eigenvalue weighted by molar-refractivity contribution is 7.90. The standard InChI is InChI=1S/C15H18N4O3S/c1-10-8-19(23(20,21)12-2-3-12)9-13(10)15-17-14(18-22-15)11-4-6-16-7-5-11/h4-7,10,12-13H,2-3,8-9H2,1H3/t10-,13-/m1/s1. The van der Waals surface area contributed by atoms with Crippen LogP contribution in [-0.2, 0) is 10.0 Å². The fourth-order valence-corrected chi connectivity index (χ4v) is 5.00. The van der Waals surface area contributed by atoms with Crippen molar-refractivity contribution in [2.45, 2.75) is 30.9 Å².